The van der Waals surface area contributed by atoms with Gasteiger partial charge in [0.1, 0.15) is 5.75 Å². The molecule has 0 spiro atoms. The summed E-state index contributed by atoms with van der Waals surface area (Å²) in [6.45, 7) is 5.59. The van der Waals surface area contributed by atoms with E-state index in [1.54, 1.807) is 29.9 Å². The number of carbonyl (C=O) groups is 1. The van der Waals surface area contributed by atoms with Crippen LogP contribution in [0.15, 0.2) is 24.3 Å². The number of rotatable bonds is 2. The van der Waals surface area contributed by atoms with E-state index in [0.717, 1.165) is 17.0 Å². The summed E-state index contributed by atoms with van der Waals surface area (Å²) >= 11 is 6.11. The third kappa shape index (κ3) is 2.80. The predicted octanol–water partition coefficient (Wildman–Crippen LogP) is 3.77. The number of benzene rings is 1. The SMILES string of the molecule is Cc1ccc(Cl)c(OC(=O)c2cc(C)nc3c2c(C)nn3C)c1. The van der Waals surface area contributed by atoms with Gasteiger partial charge in [-0.3, -0.25) is 4.68 Å². The van der Waals surface area contributed by atoms with Crippen LogP contribution in [0.1, 0.15) is 27.3 Å². The van der Waals surface area contributed by atoms with Gasteiger partial charge in [-0.25, -0.2) is 9.78 Å². The molecule has 1 aromatic carbocycles. The Morgan fingerprint density at radius 2 is 1.96 bits per heavy atom. The molecule has 0 aliphatic rings. The lowest BCUT2D eigenvalue weighted by molar-refractivity contribution is 0.0736. The van der Waals surface area contributed by atoms with E-state index in [1.165, 1.54) is 0 Å². The molecule has 0 aliphatic heterocycles. The third-order valence-electron chi connectivity index (χ3n) is 3.61. The number of fused-ring (bicyclic) bond motifs is 1. The van der Waals surface area contributed by atoms with E-state index in [2.05, 4.69) is 10.1 Å². The maximum atomic E-state index is 12.7. The monoisotopic (exact) mass is 329 g/mol. The van der Waals surface area contributed by atoms with Gasteiger partial charge in [-0.2, -0.15) is 5.10 Å². The first-order valence-electron chi connectivity index (χ1n) is 7.16. The molecular weight excluding hydrogens is 314 g/mol. The molecule has 0 saturated carbocycles. The number of carbonyl (C=O) groups excluding carboxylic acids is 1. The lowest BCUT2D eigenvalue weighted by Gasteiger charge is -2.09. The first-order chi connectivity index (χ1) is 10.9. The van der Waals surface area contributed by atoms with E-state index in [-0.39, 0.29) is 0 Å². The Morgan fingerprint density at radius 1 is 1.22 bits per heavy atom. The van der Waals surface area contributed by atoms with Crippen LogP contribution < -0.4 is 4.74 Å². The van der Waals surface area contributed by atoms with Crippen LogP contribution in [0.3, 0.4) is 0 Å². The average molecular weight is 330 g/mol. The Morgan fingerprint density at radius 3 is 2.70 bits per heavy atom. The first kappa shape index (κ1) is 15.5. The molecule has 6 heteroatoms. The van der Waals surface area contributed by atoms with E-state index in [1.807, 2.05) is 26.8 Å². The second kappa shape index (κ2) is 5.66. The number of pyridine rings is 1. The van der Waals surface area contributed by atoms with Crippen molar-refractivity contribution in [3.05, 3.63) is 51.8 Å². The summed E-state index contributed by atoms with van der Waals surface area (Å²) in [6.07, 6.45) is 0. The highest BCUT2D eigenvalue weighted by Gasteiger charge is 2.20. The van der Waals surface area contributed by atoms with Gasteiger partial charge in [0.15, 0.2) is 5.65 Å². The molecule has 0 radical (unpaired) electrons. The zero-order chi connectivity index (χ0) is 16.7. The Hall–Kier alpha value is -2.40. The normalized spacial score (nSPS) is 11.0. The van der Waals surface area contributed by atoms with Crippen molar-refractivity contribution in [1.82, 2.24) is 14.8 Å². The van der Waals surface area contributed by atoms with Crippen molar-refractivity contribution in [3.8, 4) is 5.75 Å². The van der Waals surface area contributed by atoms with Crippen LogP contribution in [0.2, 0.25) is 5.02 Å². The minimum absolute atomic E-state index is 0.348. The molecule has 0 unspecified atom stereocenters. The van der Waals surface area contributed by atoms with Crippen molar-refractivity contribution in [1.29, 1.82) is 0 Å². The number of aromatic nitrogens is 3. The lowest BCUT2D eigenvalue weighted by atomic mass is 10.1. The summed E-state index contributed by atoms with van der Waals surface area (Å²) in [4.78, 5) is 17.1. The highest BCUT2D eigenvalue weighted by molar-refractivity contribution is 6.32. The summed E-state index contributed by atoms with van der Waals surface area (Å²) < 4.78 is 7.16. The largest absolute Gasteiger partial charge is 0.421 e. The van der Waals surface area contributed by atoms with Crippen LogP contribution in [-0.4, -0.2) is 20.7 Å². The molecule has 0 aliphatic carbocycles. The first-order valence-corrected chi connectivity index (χ1v) is 7.54. The van der Waals surface area contributed by atoms with Crippen LogP contribution in [0.25, 0.3) is 11.0 Å². The van der Waals surface area contributed by atoms with E-state index in [4.69, 9.17) is 16.3 Å². The number of esters is 1. The summed E-state index contributed by atoms with van der Waals surface area (Å²) in [5.74, 6) is -0.120. The van der Waals surface area contributed by atoms with Crippen LogP contribution in [0, 0.1) is 20.8 Å². The van der Waals surface area contributed by atoms with Gasteiger partial charge in [-0.1, -0.05) is 17.7 Å². The molecule has 0 bridgehead atoms. The molecule has 23 heavy (non-hydrogen) atoms. The number of ether oxygens (including phenoxy) is 1. The Labute approximate surface area is 138 Å². The Bertz CT molecular complexity index is 931. The van der Waals surface area contributed by atoms with Gasteiger partial charge in [0.05, 0.1) is 21.7 Å². The second-order valence-corrected chi connectivity index (χ2v) is 5.95. The van der Waals surface area contributed by atoms with E-state index >= 15 is 0 Å². The molecule has 2 heterocycles. The topological polar surface area (TPSA) is 57.0 Å². The highest BCUT2D eigenvalue weighted by atomic mass is 35.5. The highest BCUT2D eigenvalue weighted by Crippen LogP contribution is 2.28. The Kier molecular flexibility index (Phi) is 3.82. The van der Waals surface area contributed by atoms with Gasteiger partial charge in [-0.15, -0.1) is 0 Å². The van der Waals surface area contributed by atoms with Crippen molar-refractivity contribution in [2.45, 2.75) is 20.8 Å². The molecular formula is C17H16ClN3O2. The fourth-order valence-electron chi connectivity index (χ4n) is 2.57. The lowest BCUT2D eigenvalue weighted by Crippen LogP contribution is -2.11. The van der Waals surface area contributed by atoms with Crippen LogP contribution in [-0.2, 0) is 7.05 Å². The molecule has 0 fully saturated rings. The van der Waals surface area contributed by atoms with Gasteiger partial charge in [0, 0.05) is 12.7 Å². The third-order valence-corrected chi connectivity index (χ3v) is 3.92. The van der Waals surface area contributed by atoms with Gasteiger partial charge in [0.25, 0.3) is 0 Å². The van der Waals surface area contributed by atoms with Crippen molar-refractivity contribution in [2.24, 2.45) is 7.05 Å². The molecule has 0 N–H and O–H groups in total. The Balaban J connectivity index is 2.09. The fourth-order valence-corrected chi connectivity index (χ4v) is 2.73. The molecule has 0 amide bonds. The second-order valence-electron chi connectivity index (χ2n) is 5.54. The van der Waals surface area contributed by atoms with Crippen molar-refractivity contribution in [2.75, 3.05) is 0 Å². The van der Waals surface area contributed by atoms with Crippen LogP contribution >= 0.6 is 11.6 Å². The quantitative estimate of drug-likeness (QED) is 0.530. The van der Waals surface area contributed by atoms with Crippen LogP contribution in [0.5, 0.6) is 5.75 Å². The minimum Gasteiger partial charge on any atom is -0.421 e. The number of hydrogen-bond donors (Lipinski definition) is 0. The molecule has 3 aromatic rings. The summed E-state index contributed by atoms with van der Waals surface area (Å²) in [6, 6.07) is 7.02. The molecule has 0 saturated heterocycles. The molecule has 0 atom stereocenters. The standard InChI is InChI=1S/C17H16ClN3O2/c1-9-5-6-13(18)14(7-9)23-17(22)12-8-10(2)19-16-15(12)11(3)20-21(16)4/h5-8H,1-4H3. The van der Waals surface area contributed by atoms with Crippen LogP contribution in [0.4, 0.5) is 0 Å². The number of halogens is 1. The predicted molar refractivity (Wildman–Crippen MR) is 89.1 cm³/mol. The molecule has 118 valence electrons. The zero-order valence-corrected chi connectivity index (χ0v) is 14.1. The van der Waals surface area contributed by atoms with Gasteiger partial charge >= 0.3 is 5.97 Å². The van der Waals surface area contributed by atoms with Gasteiger partial charge in [0.2, 0.25) is 0 Å². The molecule has 3 rings (SSSR count). The van der Waals surface area contributed by atoms with Crippen molar-refractivity contribution >= 4 is 28.6 Å². The van der Waals surface area contributed by atoms with E-state index < -0.39 is 5.97 Å². The van der Waals surface area contributed by atoms with Gasteiger partial charge < -0.3 is 4.74 Å². The van der Waals surface area contributed by atoms with Gasteiger partial charge in [-0.05, 0) is 44.5 Å². The minimum atomic E-state index is -0.468. The average Bonchev–Trinajstić information content (AvgIpc) is 2.77. The van der Waals surface area contributed by atoms with Crippen molar-refractivity contribution in [3.63, 3.8) is 0 Å². The summed E-state index contributed by atoms with van der Waals surface area (Å²) in [7, 11) is 1.80. The maximum Gasteiger partial charge on any atom is 0.344 e. The number of hydrogen-bond acceptors (Lipinski definition) is 4. The number of aryl methyl sites for hydroxylation is 4. The smallest absolute Gasteiger partial charge is 0.344 e. The number of nitrogens with zero attached hydrogens (tertiary/aromatic N) is 3. The van der Waals surface area contributed by atoms with E-state index in [9.17, 15) is 4.79 Å². The fraction of sp³-hybridized carbons (Fsp3) is 0.235. The zero-order valence-electron chi connectivity index (χ0n) is 13.3. The summed E-state index contributed by atoms with van der Waals surface area (Å²) in [5, 5.41) is 5.43. The van der Waals surface area contributed by atoms with Crippen molar-refractivity contribution < 1.29 is 9.53 Å². The summed E-state index contributed by atoms with van der Waals surface area (Å²) in [5.41, 5.74) is 3.52. The van der Waals surface area contributed by atoms with E-state index in [0.29, 0.717) is 27.4 Å². The maximum absolute atomic E-state index is 12.7. The molecule has 2 aromatic heterocycles. The molecule has 5 nitrogen and oxygen atoms in total.